The number of pyridine rings is 1. The molecule has 0 bridgehead atoms. The minimum Gasteiger partial charge on any atom is -0.442 e. The predicted octanol–water partition coefficient (Wildman–Crippen LogP) is 4.31. The van der Waals surface area contributed by atoms with E-state index in [1.54, 1.807) is 26.2 Å². The molecule has 2 N–H and O–H groups in total. The molecular weight excluding hydrogens is 491 g/mol. The summed E-state index contributed by atoms with van der Waals surface area (Å²) >= 11 is 12.0. The van der Waals surface area contributed by atoms with Crippen LogP contribution in [-0.2, 0) is 34.4 Å². The minimum absolute atomic E-state index is 0.0426. The maximum atomic E-state index is 13.4. The fourth-order valence-corrected chi connectivity index (χ4v) is 5.09. The molecule has 0 atom stereocenters. The van der Waals surface area contributed by atoms with Gasteiger partial charge in [-0.25, -0.2) is 9.78 Å². The molecule has 0 spiro atoms. The Kier molecular flexibility index (Phi) is 7.83. The number of carbonyl (C=O) groups is 1. The number of nitrogens with two attached hydrogens (primary N) is 1. The second-order valence-corrected chi connectivity index (χ2v) is 9.72. The van der Waals surface area contributed by atoms with Crippen LogP contribution in [0.4, 0.5) is 4.79 Å². The number of halogens is 2. The Morgan fingerprint density at radius 2 is 1.79 bits per heavy atom. The lowest BCUT2D eigenvalue weighted by molar-refractivity contribution is 0.145. The van der Waals surface area contributed by atoms with E-state index in [4.69, 9.17) is 37.9 Å². The number of benzene rings is 1. The molecule has 2 aromatic heterocycles. The van der Waals surface area contributed by atoms with Gasteiger partial charge in [0.15, 0.2) is 11.6 Å². The molecule has 3 aromatic rings. The molecule has 0 aliphatic heterocycles. The van der Waals surface area contributed by atoms with E-state index >= 15 is 0 Å². The normalized spacial score (nSPS) is 11.5. The summed E-state index contributed by atoms with van der Waals surface area (Å²) in [4.78, 5) is 19.6. The van der Waals surface area contributed by atoms with Crippen LogP contribution in [0.5, 0.6) is 5.75 Å². The van der Waals surface area contributed by atoms with Gasteiger partial charge in [0, 0.05) is 41.1 Å². The van der Waals surface area contributed by atoms with E-state index in [1.807, 2.05) is 12.1 Å². The third-order valence-electron chi connectivity index (χ3n) is 4.57. The molecular formula is C21H22Cl2N4O5S. The molecule has 0 fully saturated rings. The average Bonchev–Trinajstić information content (AvgIpc) is 3.10. The maximum absolute atomic E-state index is 13.4. The highest BCUT2D eigenvalue weighted by Gasteiger charge is 2.31. The van der Waals surface area contributed by atoms with E-state index in [0.29, 0.717) is 6.42 Å². The van der Waals surface area contributed by atoms with Crippen LogP contribution in [0, 0.1) is 0 Å². The van der Waals surface area contributed by atoms with Crippen molar-refractivity contribution in [3.63, 3.8) is 0 Å². The smallest absolute Gasteiger partial charge is 0.404 e. The van der Waals surface area contributed by atoms with Crippen molar-refractivity contribution in [1.82, 2.24) is 14.5 Å². The number of amides is 1. The Hall–Kier alpha value is -2.82. The first-order valence-corrected chi connectivity index (χ1v) is 12.0. The van der Waals surface area contributed by atoms with E-state index in [-0.39, 0.29) is 51.4 Å². The molecule has 1 amide bonds. The van der Waals surface area contributed by atoms with Gasteiger partial charge in [0.2, 0.25) is 0 Å². The van der Waals surface area contributed by atoms with Crippen LogP contribution in [0.25, 0.3) is 0 Å². The molecule has 1 aromatic carbocycles. The quantitative estimate of drug-likeness (QED) is 0.423. The summed E-state index contributed by atoms with van der Waals surface area (Å²) in [6, 6.07) is 7.78. The van der Waals surface area contributed by atoms with E-state index < -0.39 is 16.2 Å². The van der Waals surface area contributed by atoms with Crippen LogP contribution in [0.3, 0.4) is 0 Å². The first-order valence-electron chi connectivity index (χ1n) is 9.88. The zero-order valence-corrected chi connectivity index (χ0v) is 20.2. The van der Waals surface area contributed by atoms with Gasteiger partial charge < -0.3 is 19.2 Å². The number of nitrogens with zero attached hydrogens (tertiary/aromatic N) is 3. The van der Waals surface area contributed by atoms with E-state index in [9.17, 15) is 13.2 Å². The topological polar surface area (TPSA) is 126 Å². The Balaban J connectivity index is 2.08. The number of hydrogen-bond donors (Lipinski definition) is 1. The Labute approximate surface area is 201 Å². The molecule has 0 saturated heterocycles. The van der Waals surface area contributed by atoms with Gasteiger partial charge in [-0.3, -0.25) is 4.98 Å². The van der Waals surface area contributed by atoms with Gasteiger partial charge in [0.05, 0.1) is 5.69 Å². The Bertz CT molecular complexity index is 1230. The van der Waals surface area contributed by atoms with Crippen molar-refractivity contribution < 1.29 is 22.1 Å². The van der Waals surface area contributed by atoms with Gasteiger partial charge in [-0.1, -0.05) is 37.0 Å². The van der Waals surface area contributed by atoms with Crippen molar-refractivity contribution in [2.75, 3.05) is 0 Å². The Morgan fingerprint density at radius 1 is 1.15 bits per heavy atom. The van der Waals surface area contributed by atoms with Crippen molar-refractivity contribution in [2.24, 2.45) is 5.73 Å². The van der Waals surface area contributed by atoms with Gasteiger partial charge >= 0.3 is 16.2 Å². The molecule has 33 heavy (non-hydrogen) atoms. The number of ether oxygens (including phenoxy) is 1. The molecule has 12 heteroatoms. The predicted molar refractivity (Wildman–Crippen MR) is 123 cm³/mol. The van der Waals surface area contributed by atoms with E-state index in [0.717, 1.165) is 5.56 Å². The third kappa shape index (κ3) is 6.37. The van der Waals surface area contributed by atoms with Crippen molar-refractivity contribution in [2.45, 2.75) is 44.4 Å². The number of imidazole rings is 1. The lowest BCUT2D eigenvalue weighted by Gasteiger charge is -2.15. The summed E-state index contributed by atoms with van der Waals surface area (Å²) in [7, 11) is -4.38. The van der Waals surface area contributed by atoms with Gasteiger partial charge in [-0.15, -0.1) is 0 Å². The van der Waals surface area contributed by atoms with Gasteiger partial charge in [0.25, 0.3) is 0 Å². The summed E-state index contributed by atoms with van der Waals surface area (Å²) in [5.41, 5.74) is 6.30. The first-order chi connectivity index (χ1) is 15.6. The molecule has 0 unspecified atom stereocenters. The fraction of sp³-hybridized carbons (Fsp3) is 0.286. The summed E-state index contributed by atoms with van der Waals surface area (Å²) in [6.45, 7) is 3.51. The highest BCUT2D eigenvalue weighted by molar-refractivity contribution is 7.87. The monoisotopic (exact) mass is 512 g/mol. The number of primary amides is 1. The molecule has 3 rings (SSSR count). The Morgan fingerprint density at radius 3 is 2.36 bits per heavy atom. The van der Waals surface area contributed by atoms with Crippen molar-refractivity contribution in [3.05, 3.63) is 69.9 Å². The summed E-state index contributed by atoms with van der Waals surface area (Å²) < 4.78 is 38.6. The highest BCUT2D eigenvalue weighted by Crippen LogP contribution is 2.31. The SMILES string of the molecule is CC(C)c1nc(COC(N)=O)n(CCc2ccncc2)c1S(=O)(=O)Oc1cc(Cl)cc(Cl)c1. The van der Waals surface area contributed by atoms with Gasteiger partial charge in [0.1, 0.15) is 11.6 Å². The van der Waals surface area contributed by atoms with Crippen molar-refractivity contribution in [1.29, 1.82) is 0 Å². The van der Waals surface area contributed by atoms with Crippen molar-refractivity contribution in [3.8, 4) is 5.75 Å². The van der Waals surface area contributed by atoms with Crippen LogP contribution in [0.1, 0.15) is 36.8 Å². The number of aromatic nitrogens is 3. The molecule has 9 nitrogen and oxygen atoms in total. The van der Waals surface area contributed by atoms with Gasteiger partial charge in [-0.05, 0) is 36.1 Å². The maximum Gasteiger partial charge on any atom is 0.404 e. The zero-order chi connectivity index (χ0) is 24.2. The fourth-order valence-electron chi connectivity index (χ4n) is 3.15. The van der Waals surface area contributed by atoms with Crippen molar-refractivity contribution >= 4 is 39.4 Å². The van der Waals surface area contributed by atoms with Crippen LogP contribution in [-0.4, -0.2) is 29.0 Å². The number of hydrogen-bond acceptors (Lipinski definition) is 7. The molecule has 0 radical (unpaired) electrons. The van der Waals surface area contributed by atoms with Crippen LogP contribution in [0.2, 0.25) is 10.0 Å². The minimum atomic E-state index is -4.38. The van der Waals surface area contributed by atoms with Crippen LogP contribution >= 0.6 is 23.2 Å². The summed E-state index contributed by atoms with van der Waals surface area (Å²) in [5, 5.41) is 0.294. The highest BCUT2D eigenvalue weighted by atomic mass is 35.5. The van der Waals surface area contributed by atoms with E-state index in [2.05, 4.69) is 9.97 Å². The lowest BCUT2D eigenvalue weighted by Crippen LogP contribution is -2.20. The standard InChI is InChI=1S/C21H22Cl2N4O5S/c1-13(2)19-20(33(29,30)32-17-10-15(22)9-16(23)11-17)27(18(26-19)12-31-21(24)28)8-5-14-3-6-25-7-4-14/h3-4,6-7,9-11,13H,5,8,12H2,1-2H3,(H2,24,28). The molecule has 0 aliphatic rings. The molecule has 176 valence electrons. The third-order valence-corrected chi connectivity index (χ3v) is 6.32. The van der Waals surface area contributed by atoms with Gasteiger partial charge in [-0.2, -0.15) is 8.42 Å². The molecule has 0 aliphatic carbocycles. The average molecular weight is 513 g/mol. The largest absolute Gasteiger partial charge is 0.442 e. The molecule has 2 heterocycles. The second-order valence-electron chi connectivity index (χ2n) is 7.38. The summed E-state index contributed by atoms with van der Waals surface area (Å²) in [6.07, 6.45) is 2.75. The molecule has 0 saturated carbocycles. The lowest BCUT2D eigenvalue weighted by atomic mass is 10.1. The number of rotatable bonds is 9. The summed E-state index contributed by atoms with van der Waals surface area (Å²) in [5.74, 6) is -0.104. The number of aryl methyl sites for hydroxylation is 1. The second kappa shape index (κ2) is 10.4. The first kappa shape index (κ1) is 24.8. The van der Waals surface area contributed by atoms with Crippen LogP contribution < -0.4 is 9.92 Å². The zero-order valence-electron chi connectivity index (χ0n) is 17.9. The van der Waals surface area contributed by atoms with Crippen LogP contribution in [0.15, 0.2) is 47.8 Å². The number of carbonyl (C=O) groups excluding carboxylic acids is 1. The van der Waals surface area contributed by atoms with E-state index in [1.165, 1.54) is 22.8 Å².